The highest BCUT2D eigenvalue weighted by Gasteiger charge is 2.21. The second-order valence-electron chi connectivity index (χ2n) is 7.37. The number of fused-ring (bicyclic) bond motifs is 1. The van der Waals surface area contributed by atoms with Crippen molar-refractivity contribution in [3.8, 4) is 0 Å². The second kappa shape index (κ2) is 8.67. The van der Waals surface area contributed by atoms with E-state index < -0.39 is 0 Å². The third-order valence-electron chi connectivity index (χ3n) is 4.64. The number of amides is 2. The van der Waals surface area contributed by atoms with E-state index in [1.165, 1.54) is 28.2 Å². The number of hydrogen-bond donors (Lipinski definition) is 2. The van der Waals surface area contributed by atoms with Crippen LogP contribution in [0.4, 0.5) is 0 Å². The smallest absolute Gasteiger partial charge is 0.279 e. The average Bonchev–Trinajstić information content (AvgIpc) is 3.07. The molecule has 0 spiro atoms. The molecule has 27 heavy (non-hydrogen) atoms. The lowest BCUT2D eigenvalue weighted by atomic mass is 9.90. The monoisotopic (exact) mass is 386 g/mol. The van der Waals surface area contributed by atoms with Gasteiger partial charge in [0.15, 0.2) is 0 Å². The largest absolute Gasteiger partial charge is 0.374 e. The molecule has 0 aliphatic heterocycles. The zero-order valence-corrected chi connectivity index (χ0v) is 16.8. The van der Waals surface area contributed by atoms with Crippen LogP contribution in [0.3, 0.4) is 0 Å². The van der Waals surface area contributed by atoms with Crippen molar-refractivity contribution in [2.45, 2.75) is 52.7 Å². The molecule has 0 radical (unpaired) electrons. The van der Waals surface area contributed by atoms with Gasteiger partial charge in [0.05, 0.1) is 17.6 Å². The Morgan fingerprint density at radius 1 is 1.19 bits per heavy atom. The molecule has 1 aliphatic carbocycles. The molecule has 1 aliphatic rings. The Bertz CT molecular complexity index is 811. The summed E-state index contributed by atoms with van der Waals surface area (Å²) in [5.74, 6) is 0.0589. The van der Waals surface area contributed by atoms with Gasteiger partial charge in [0.1, 0.15) is 0 Å². The lowest BCUT2D eigenvalue weighted by Gasteiger charge is -2.16. The SMILES string of the molecule is CC(C)OCc1ccc(C(=O)NNC(=O)c2cc3c(s2)CC[C@H](C)C3)cc1. The van der Waals surface area contributed by atoms with Gasteiger partial charge in [0.25, 0.3) is 11.8 Å². The number of carbonyl (C=O) groups is 2. The van der Waals surface area contributed by atoms with E-state index in [9.17, 15) is 9.59 Å². The van der Waals surface area contributed by atoms with Gasteiger partial charge >= 0.3 is 0 Å². The first kappa shape index (κ1) is 19.6. The maximum Gasteiger partial charge on any atom is 0.279 e. The van der Waals surface area contributed by atoms with Crippen LogP contribution in [0.5, 0.6) is 0 Å². The van der Waals surface area contributed by atoms with Gasteiger partial charge in [-0.2, -0.15) is 0 Å². The fourth-order valence-electron chi connectivity index (χ4n) is 3.08. The summed E-state index contributed by atoms with van der Waals surface area (Å²) in [5, 5.41) is 0. The van der Waals surface area contributed by atoms with Crippen LogP contribution in [0.25, 0.3) is 0 Å². The normalized spacial score (nSPS) is 16.1. The van der Waals surface area contributed by atoms with Crippen molar-refractivity contribution in [2.24, 2.45) is 5.92 Å². The summed E-state index contributed by atoms with van der Waals surface area (Å²) in [7, 11) is 0. The van der Waals surface area contributed by atoms with Crippen molar-refractivity contribution < 1.29 is 14.3 Å². The fraction of sp³-hybridized carbons (Fsp3) is 0.429. The molecule has 1 heterocycles. The second-order valence-corrected chi connectivity index (χ2v) is 8.51. The molecule has 144 valence electrons. The molecule has 1 aromatic heterocycles. The minimum absolute atomic E-state index is 0.161. The molecule has 0 fully saturated rings. The highest BCUT2D eigenvalue weighted by atomic mass is 32.1. The van der Waals surface area contributed by atoms with Gasteiger partial charge in [-0.15, -0.1) is 11.3 Å². The van der Waals surface area contributed by atoms with E-state index in [4.69, 9.17) is 4.74 Å². The Morgan fingerprint density at radius 2 is 1.89 bits per heavy atom. The molecule has 2 N–H and O–H groups in total. The minimum Gasteiger partial charge on any atom is -0.374 e. The quantitative estimate of drug-likeness (QED) is 0.767. The number of hydrogen-bond acceptors (Lipinski definition) is 4. The maximum absolute atomic E-state index is 12.4. The molecule has 2 aromatic rings. The van der Waals surface area contributed by atoms with Crippen molar-refractivity contribution >= 4 is 23.2 Å². The Labute approximate surface area is 164 Å². The van der Waals surface area contributed by atoms with Gasteiger partial charge in [-0.25, -0.2) is 0 Å². The molecule has 0 saturated heterocycles. The van der Waals surface area contributed by atoms with Crippen molar-refractivity contribution in [1.82, 2.24) is 10.9 Å². The predicted octanol–water partition coefficient (Wildman–Crippen LogP) is 3.87. The average molecular weight is 387 g/mol. The van der Waals surface area contributed by atoms with Crippen LogP contribution >= 0.6 is 11.3 Å². The first-order valence-electron chi connectivity index (χ1n) is 9.35. The summed E-state index contributed by atoms with van der Waals surface area (Å²) in [6.45, 7) is 6.71. The molecule has 0 unspecified atom stereocenters. The van der Waals surface area contributed by atoms with Crippen LogP contribution in [0, 0.1) is 5.92 Å². The van der Waals surface area contributed by atoms with Gasteiger partial charge < -0.3 is 4.74 Å². The Hall–Kier alpha value is -2.18. The molecule has 1 atom stereocenters. The van der Waals surface area contributed by atoms with Gasteiger partial charge in [-0.3, -0.25) is 20.4 Å². The van der Waals surface area contributed by atoms with E-state index in [1.54, 1.807) is 12.1 Å². The molecule has 5 nitrogen and oxygen atoms in total. The van der Waals surface area contributed by atoms with Gasteiger partial charge in [0, 0.05) is 10.4 Å². The van der Waals surface area contributed by atoms with E-state index in [0.29, 0.717) is 23.0 Å². The molecular formula is C21H26N2O3S. The molecule has 6 heteroatoms. The van der Waals surface area contributed by atoms with Crippen molar-refractivity contribution in [1.29, 1.82) is 0 Å². The zero-order chi connectivity index (χ0) is 19.4. The molecular weight excluding hydrogens is 360 g/mol. The first-order valence-corrected chi connectivity index (χ1v) is 10.2. The maximum atomic E-state index is 12.4. The lowest BCUT2D eigenvalue weighted by molar-refractivity contribution is 0.0656. The Balaban J connectivity index is 1.53. The topological polar surface area (TPSA) is 67.4 Å². The summed E-state index contributed by atoms with van der Waals surface area (Å²) in [5.41, 5.74) is 7.78. The van der Waals surface area contributed by atoms with E-state index in [1.807, 2.05) is 32.0 Å². The third kappa shape index (κ3) is 5.17. The van der Waals surface area contributed by atoms with Gasteiger partial charge in [-0.1, -0.05) is 19.1 Å². The predicted molar refractivity (Wildman–Crippen MR) is 107 cm³/mol. The van der Waals surface area contributed by atoms with Crippen LogP contribution in [0.15, 0.2) is 30.3 Å². The number of ether oxygens (including phenoxy) is 1. The minimum atomic E-state index is -0.338. The van der Waals surface area contributed by atoms with Crippen molar-refractivity contribution in [3.63, 3.8) is 0 Å². The van der Waals surface area contributed by atoms with Crippen molar-refractivity contribution in [3.05, 3.63) is 56.8 Å². The van der Waals surface area contributed by atoms with E-state index in [0.717, 1.165) is 18.4 Å². The summed E-state index contributed by atoms with van der Waals surface area (Å²) in [6, 6.07) is 9.12. The van der Waals surface area contributed by atoms with Crippen LogP contribution in [-0.2, 0) is 24.2 Å². The molecule has 0 bridgehead atoms. The van der Waals surface area contributed by atoms with Crippen LogP contribution < -0.4 is 10.9 Å². The number of benzene rings is 1. The first-order chi connectivity index (χ1) is 12.9. The zero-order valence-electron chi connectivity index (χ0n) is 16.0. The highest BCUT2D eigenvalue weighted by molar-refractivity contribution is 7.14. The third-order valence-corrected chi connectivity index (χ3v) is 5.88. The number of nitrogens with one attached hydrogen (secondary N) is 2. The van der Waals surface area contributed by atoms with E-state index in [2.05, 4.69) is 17.8 Å². The Kier molecular flexibility index (Phi) is 6.29. The number of rotatable bonds is 5. The summed E-state index contributed by atoms with van der Waals surface area (Å²) >= 11 is 1.53. The number of aryl methyl sites for hydroxylation is 1. The van der Waals surface area contributed by atoms with Crippen LogP contribution in [-0.4, -0.2) is 17.9 Å². The van der Waals surface area contributed by atoms with E-state index in [-0.39, 0.29) is 17.9 Å². The van der Waals surface area contributed by atoms with Gasteiger partial charge in [0.2, 0.25) is 0 Å². The lowest BCUT2D eigenvalue weighted by Crippen LogP contribution is -2.41. The fourth-order valence-corrected chi connectivity index (χ4v) is 4.18. The molecule has 2 amide bonds. The van der Waals surface area contributed by atoms with Crippen LogP contribution in [0.2, 0.25) is 0 Å². The number of thiophene rings is 1. The number of hydrazine groups is 1. The van der Waals surface area contributed by atoms with Gasteiger partial charge in [-0.05, 0) is 68.4 Å². The standard InChI is InChI=1S/C21H26N2O3S/c1-13(2)26-12-15-5-7-16(8-6-15)20(24)22-23-21(25)19-11-17-10-14(3)4-9-18(17)27-19/h5-8,11,13-14H,4,9-10,12H2,1-3H3,(H,22,24)(H,23,25)/t14-/m0/s1. The summed E-state index contributed by atoms with van der Waals surface area (Å²) in [4.78, 5) is 26.5. The summed E-state index contributed by atoms with van der Waals surface area (Å²) < 4.78 is 5.54. The molecule has 0 saturated carbocycles. The number of carbonyl (C=O) groups excluding carboxylic acids is 2. The Morgan fingerprint density at radius 3 is 2.59 bits per heavy atom. The molecule has 3 rings (SSSR count). The highest BCUT2D eigenvalue weighted by Crippen LogP contribution is 2.32. The van der Waals surface area contributed by atoms with Crippen LogP contribution in [0.1, 0.15) is 63.2 Å². The summed E-state index contributed by atoms with van der Waals surface area (Å²) in [6.07, 6.45) is 3.39. The van der Waals surface area contributed by atoms with Crippen molar-refractivity contribution in [2.75, 3.05) is 0 Å². The van der Waals surface area contributed by atoms with E-state index >= 15 is 0 Å². The molecule has 1 aromatic carbocycles.